The number of hydrogen-bond donors (Lipinski definition) is 0. The van der Waals surface area contributed by atoms with E-state index in [2.05, 4.69) is 6.92 Å². The number of nitrogens with zero attached hydrogens (tertiary/aromatic N) is 1. The summed E-state index contributed by atoms with van der Waals surface area (Å²) in [4.78, 5) is 13.2. The van der Waals surface area contributed by atoms with Crippen molar-refractivity contribution in [2.75, 3.05) is 4.90 Å². The fourth-order valence-electron chi connectivity index (χ4n) is 1.70. The maximum atomic E-state index is 11.6. The van der Waals surface area contributed by atoms with Crippen molar-refractivity contribution in [3.05, 3.63) is 73.2 Å². The lowest BCUT2D eigenvalue weighted by molar-refractivity contribution is -0.114. The molecule has 0 aliphatic rings. The van der Waals surface area contributed by atoms with Gasteiger partial charge in [0.1, 0.15) is 0 Å². The zero-order chi connectivity index (χ0) is 12.1. The fourth-order valence-corrected chi connectivity index (χ4v) is 1.70. The summed E-state index contributed by atoms with van der Waals surface area (Å²) in [6, 6.07) is 19.5. The van der Waals surface area contributed by atoms with Crippen molar-refractivity contribution in [2.45, 2.75) is 6.54 Å². The lowest BCUT2D eigenvalue weighted by Gasteiger charge is -2.21. The molecule has 0 spiro atoms. The molecule has 1 radical (unpaired) electrons. The van der Waals surface area contributed by atoms with Crippen molar-refractivity contribution >= 4 is 11.6 Å². The zero-order valence-corrected chi connectivity index (χ0v) is 9.54. The first-order chi connectivity index (χ1) is 8.27. The van der Waals surface area contributed by atoms with Crippen LogP contribution in [0.4, 0.5) is 5.69 Å². The highest BCUT2D eigenvalue weighted by Gasteiger charge is 2.11. The van der Waals surface area contributed by atoms with Crippen LogP contribution in [0.15, 0.2) is 60.7 Å². The molecule has 17 heavy (non-hydrogen) atoms. The number of hydrogen-bond acceptors (Lipinski definition) is 1. The van der Waals surface area contributed by atoms with E-state index < -0.39 is 0 Å². The van der Waals surface area contributed by atoms with E-state index in [1.807, 2.05) is 60.7 Å². The first-order valence-electron chi connectivity index (χ1n) is 5.50. The molecular formula is C15H14NO. The van der Waals surface area contributed by atoms with E-state index in [0.717, 1.165) is 11.3 Å². The van der Waals surface area contributed by atoms with Crippen LogP contribution >= 0.6 is 0 Å². The third-order valence-electron chi connectivity index (χ3n) is 2.55. The van der Waals surface area contributed by atoms with Gasteiger partial charge in [-0.15, -0.1) is 0 Å². The average molecular weight is 224 g/mol. The standard InChI is InChI=1S/C15H14NO/c1-13(17)16(15-10-6-3-7-11-15)12-14-8-4-2-5-9-14/h2-11H,1,12H2. The molecule has 0 aliphatic carbocycles. The van der Waals surface area contributed by atoms with Crippen molar-refractivity contribution < 1.29 is 4.79 Å². The molecule has 0 heterocycles. The first-order valence-corrected chi connectivity index (χ1v) is 5.50. The molecule has 0 saturated carbocycles. The number of para-hydroxylation sites is 1. The van der Waals surface area contributed by atoms with Gasteiger partial charge in [-0.25, -0.2) is 0 Å². The summed E-state index contributed by atoms with van der Waals surface area (Å²) in [5.41, 5.74) is 1.96. The highest BCUT2D eigenvalue weighted by Crippen LogP contribution is 2.16. The van der Waals surface area contributed by atoms with Gasteiger partial charge in [0.2, 0.25) is 5.91 Å². The molecule has 0 fully saturated rings. The molecule has 2 aromatic carbocycles. The Morgan fingerprint density at radius 2 is 1.47 bits per heavy atom. The van der Waals surface area contributed by atoms with Crippen LogP contribution in [-0.4, -0.2) is 5.91 Å². The van der Waals surface area contributed by atoms with E-state index in [1.54, 1.807) is 4.90 Å². The number of amides is 1. The Kier molecular flexibility index (Phi) is 3.55. The van der Waals surface area contributed by atoms with Crippen molar-refractivity contribution in [2.24, 2.45) is 0 Å². The largest absolute Gasteiger partial charge is 0.308 e. The minimum atomic E-state index is -0.194. The fraction of sp³-hybridized carbons (Fsp3) is 0.0667. The molecule has 2 rings (SSSR count). The first kappa shape index (κ1) is 11.4. The quantitative estimate of drug-likeness (QED) is 0.784. The summed E-state index contributed by atoms with van der Waals surface area (Å²) in [5.74, 6) is -0.194. The molecule has 0 N–H and O–H groups in total. The second-order valence-corrected chi connectivity index (χ2v) is 3.80. The second kappa shape index (κ2) is 5.30. The van der Waals surface area contributed by atoms with E-state index in [9.17, 15) is 4.79 Å². The lowest BCUT2D eigenvalue weighted by atomic mass is 10.2. The van der Waals surface area contributed by atoms with Crippen LogP contribution in [0, 0.1) is 6.92 Å². The van der Waals surface area contributed by atoms with Crippen molar-refractivity contribution in [3.8, 4) is 0 Å². The van der Waals surface area contributed by atoms with Crippen LogP contribution in [0.5, 0.6) is 0 Å². The normalized spacial score (nSPS) is 9.94. The predicted molar refractivity (Wildman–Crippen MR) is 69.4 cm³/mol. The Labute approximate surface area is 102 Å². The zero-order valence-electron chi connectivity index (χ0n) is 9.54. The Balaban J connectivity index is 2.23. The maximum absolute atomic E-state index is 11.6. The average Bonchev–Trinajstić information content (AvgIpc) is 2.38. The summed E-state index contributed by atoms with van der Waals surface area (Å²) in [5, 5.41) is 0. The Morgan fingerprint density at radius 1 is 0.941 bits per heavy atom. The molecule has 1 amide bonds. The SMILES string of the molecule is [CH2]C(=O)N(Cc1ccccc1)c1ccccc1. The third-order valence-corrected chi connectivity index (χ3v) is 2.55. The molecule has 0 saturated heterocycles. The van der Waals surface area contributed by atoms with Gasteiger partial charge in [-0.2, -0.15) is 0 Å². The van der Waals surface area contributed by atoms with Crippen molar-refractivity contribution in [3.63, 3.8) is 0 Å². The molecule has 2 nitrogen and oxygen atoms in total. The molecule has 0 unspecified atom stereocenters. The van der Waals surface area contributed by atoms with Gasteiger partial charge < -0.3 is 4.90 Å². The molecule has 0 aromatic heterocycles. The minimum absolute atomic E-state index is 0.194. The minimum Gasteiger partial charge on any atom is -0.308 e. The number of anilines is 1. The Hall–Kier alpha value is -2.09. The van der Waals surface area contributed by atoms with Crippen LogP contribution in [0.25, 0.3) is 0 Å². The molecule has 0 bridgehead atoms. The molecular weight excluding hydrogens is 210 g/mol. The van der Waals surface area contributed by atoms with E-state index >= 15 is 0 Å². The van der Waals surface area contributed by atoms with E-state index in [4.69, 9.17) is 0 Å². The van der Waals surface area contributed by atoms with Gasteiger partial charge in [-0.05, 0) is 17.7 Å². The van der Waals surface area contributed by atoms with E-state index in [-0.39, 0.29) is 5.91 Å². The second-order valence-electron chi connectivity index (χ2n) is 3.80. The monoisotopic (exact) mass is 224 g/mol. The summed E-state index contributed by atoms with van der Waals surface area (Å²) in [6.07, 6.45) is 0. The van der Waals surface area contributed by atoms with Crippen LogP contribution in [0.3, 0.4) is 0 Å². The van der Waals surface area contributed by atoms with Crippen molar-refractivity contribution in [1.29, 1.82) is 0 Å². The highest BCUT2D eigenvalue weighted by molar-refractivity contribution is 5.96. The van der Waals surface area contributed by atoms with Crippen molar-refractivity contribution in [1.82, 2.24) is 0 Å². The Morgan fingerprint density at radius 3 is 2.00 bits per heavy atom. The lowest BCUT2D eigenvalue weighted by Crippen LogP contribution is -2.27. The highest BCUT2D eigenvalue weighted by atomic mass is 16.2. The number of rotatable bonds is 3. The van der Waals surface area contributed by atoms with Gasteiger partial charge in [0, 0.05) is 12.6 Å². The van der Waals surface area contributed by atoms with Gasteiger partial charge in [-0.3, -0.25) is 4.79 Å². The van der Waals surface area contributed by atoms with Gasteiger partial charge >= 0.3 is 0 Å². The molecule has 85 valence electrons. The van der Waals surface area contributed by atoms with Crippen LogP contribution < -0.4 is 4.90 Å². The van der Waals surface area contributed by atoms with Crippen LogP contribution in [0.2, 0.25) is 0 Å². The summed E-state index contributed by atoms with van der Waals surface area (Å²) >= 11 is 0. The van der Waals surface area contributed by atoms with Gasteiger partial charge in [0.05, 0.1) is 6.54 Å². The number of carbonyl (C=O) groups is 1. The molecule has 2 heteroatoms. The molecule has 0 aliphatic heterocycles. The smallest absolute Gasteiger partial charge is 0.227 e. The van der Waals surface area contributed by atoms with Crippen LogP contribution in [0.1, 0.15) is 5.56 Å². The van der Waals surface area contributed by atoms with Crippen LogP contribution in [-0.2, 0) is 11.3 Å². The summed E-state index contributed by atoms with van der Waals surface area (Å²) in [6.45, 7) is 4.05. The maximum Gasteiger partial charge on any atom is 0.227 e. The number of carbonyl (C=O) groups excluding carboxylic acids is 1. The topological polar surface area (TPSA) is 20.3 Å². The molecule has 2 aromatic rings. The Bertz CT molecular complexity index is 479. The van der Waals surface area contributed by atoms with Gasteiger partial charge in [0.15, 0.2) is 0 Å². The van der Waals surface area contributed by atoms with Gasteiger partial charge in [0.25, 0.3) is 0 Å². The predicted octanol–water partition coefficient (Wildman–Crippen LogP) is 3.05. The third kappa shape index (κ3) is 2.94. The molecule has 0 atom stereocenters. The summed E-state index contributed by atoms with van der Waals surface area (Å²) in [7, 11) is 0. The summed E-state index contributed by atoms with van der Waals surface area (Å²) < 4.78 is 0. The van der Waals surface area contributed by atoms with E-state index in [1.165, 1.54) is 0 Å². The van der Waals surface area contributed by atoms with Gasteiger partial charge in [-0.1, -0.05) is 48.5 Å². The number of benzene rings is 2. The van der Waals surface area contributed by atoms with E-state index in [0.29, 0.717) is 6.54 Å².